The van der Waals surface area contributed by atoms with Gasteiger partial charge in [0.15, 0.2) is 5.96 Å². The Kier molecular flexibility index (Phi) is 13.8. The van der Waals surface area contributed by atoms with E-state index in [9.17, 15) is 9.59 Å². The third-order valence-electron chi connectivity index (χ3n) is 2.33. The van der Waals surface area contributed by atoms with Crippen molar-refractivity contribution in [3.8, 4) is 0 Å². The second kappa shape index (κ2) is 14.0. The van der Waals surface area contributed by atoms with Crippen LogP contribution in [0.15, 0.2) is 10.1 Å². The van der Waals surface area contributed by atoms with Gasteiger partial charge in [0.2, 0.25) is 0 Å². The van der Waals surface area contributed by atoms with E-state index in [2.05, 4.69) is 15.0 Å². The standard InChI is InChI=1S/C6H14N4O2.C6H13N3O3/c7-4(5(11)12)2-1-3-10-6(8)9;1-4(7)9-12-3-2-5(8)6(10)11/h4H,1-3,7H2,(H,11,12)(H4,8,9,10);5H,2-3,8H2,1H3,(H2,7,9)(H,10,11)/t4-;5-/m00/s1. The van der Waals surface area contributed by atoms with Crippen LogP contribution in [-0.4, -0.2) is 59.2 Å². The second-order valence-electron chi connectivity index (χ2n) is 4.69. The minimum Gasteiger partial charge on any atom is -0.480 e. The average Bonchev–Trinajstić information content (AvgIpc) is 2.47. The molecule has 0 aromatic rings. The molecule has 0 radical (unpaired) electrons. The summed E-state index contributed by atoms with van der Waals surface area (Å²) in [5.41, 5.74) is 25.6. The molecule has 12 heteroatoms. The molecule has 24 heavy (non-hydrogen) atoms. The maximum absolute atomic E-state index is 10.2. The van der Waals surface area contributed by atoms with Crippen molar-refractivity contribution in [2.24, 2.45) is 38.8 Å². The summed E-state index contributed by atoms with van der Waals surface area (Å²) in [6.45, 7) is 2.14. The summed E-state index contributed by atoms with van der Waals surface area (Å²) in [7, 11) is 0. The predicted molar refractivity (Wildman–Crippen MR) is 89.0 cm³/mol. The minimum absolute atomic E-state index is 0.0129. The number of amidine groups is 1. The number of guanidine groups is 1. The number of nitrogens with zero attached hydrogens (tertiary/aromatic N) is 2. The van der Waals surface area contributed by atoms with Crippen molar-refractivity contribution in [3.63, 3.8) is 0 Å². The van der Waals surface area contributed by atoms with Gasteiger partial charge in [0.25, 0.3) is 0 Å². The highest BCUT2D eigenvalue weighted by Crippen LogP contribution is 1.94. The number of aliphatic imine (C=N–C) groups is 1. The maximum Gasteiger partial charge on any atom is 0.320 e. The van der Waals surface area contributed by atoms with Crippen molar-refractivity contribution in [1.82, 2.24) is 0 Å². The molecule has 12 N–H and O–H groups in total. The van der Waals surface area contributed by atoms with Crippen LogP contribution in [0.4, 0.5) is 0 Å². The van der Waals surface area contributed by atoms with Crippen LogP contribution in [0.5, 0.6) is 0 Å². The Bertz CT molecular complexity index is 394. The Morgan fingerprint density at radius 1 is 1.04 bits per heavy atom. The van der Waals surface area contributed by atoms with Gasteiger partial charge >= 0.3 is 11.9 Å². The highest BCUT2D eigenvalue weighted by atomic mass is 16.6. The normalized spacial score (nSPS) is 13.0. The van der Waals surface area contributed by atoms with Crippen molar-refractivity contribution < 1.29 is 24.6 Å². The molecule has 2 atom stereocenters. The molecule has 0 fully saturated rings. The zero-order valence-corrected chi connectivity index (χ0v) is 13.6. The first-order valence-corrected chi connectivity index (χ1v) is 7.02. The molecular formula is C12H27N7O5. The number of hydrogen-bond acceptors (Lipinski definition) is 7. The molecule has 0 aliphatic carbocycles. The molecule has 140 valence electrons. The van der Waals surface area contributed by atoms with Gasteiger partial charge in [0.05, 0.1) is 0 Å². The van der Waals surface area contributed by atoms with E-state index in [1.807, 2.05) is 0 Å². The van der Waals surface area contributed by atoms with E-state index >= 15 is 0 Å². The number of oxime groups is 1. The molecule has 0 saturated carbocycles. The number of carbonyl (C=O) groups is 2. The van der Waals surface area contributed by atoms with Crippen LogP contribution in [0.1, 0.15) is 26.2 Å². The van der Waals surface area contributed by atoms with Crippen molar-refractivity contribution in [2.75, 3.05) is 13.2 Å². The quantitative estimate of drug-likeness (QED) is 0.0949. The van der Waals surface area contributed by atoms with Crippen LogP contribution in [-0.2, 0) is 14.4 Å². The summed E-state index contributed by atoms with van der Waals surface area (Å²) in [4.78, 5) is 28.7. The molecule has 0 saturated heterocycles. The Morgan fingerprint density at radius 3 is 1.96 bits per heavy atom. The van der Waals surface area contributed by atoms with E-state index in [-0.39, 0.29) is 19.0 Å². The SMILES string of the molecule is CC(N)=NOCC[C@H](N)C(=O)O.NC(N)=NCCC[C@H](N)C(=O)O. The molecule has 0 aromatic heterocycles. The fraction of sp³-hybridized carbons (Fsp3) is 0.667. The number of hydrogen-bond donors (Lipinski definition) is 7. The van der Waals surface area contributed by atoms with Gasteiger partial charge < -0.3 is 43.7 Å². The zero-order chi connectivity index (χ0) is 19.1. The smallest absolute Gasteiger partial charge is 0.320 e. The van der Waals surface area contributed by atoms with Crippen LogP contribution in [0, 0.1) is 0 Å². The van der Waals surface area contributed by atoms with Gasteiger partial charge in [-0.3, -0.25) is 14.6 Å². The summed E-state index contributed by atoms with van der Waals surface area (Å²) in [5, 5.41) is 20.1. The largest absolute Gasteiger partial charge is 0.480 e. The lowest BCUT2D eigenvalue weighted by Crippen LogP contribution is -2.31. The van der Waals surface area contributed by atoms with Crippen LogP contribution < -0.4 is 28.7 Å². The molecule has 0 spiro atoms. The monoisotopic (exact) mass is 349 g/mol. The first kappa shape index (κ1) is 23.7. The Hall–Kier alpha value is -2.60. The van der Waals surface area contributed by atoms with Gasteiger partial charge in [-0.25, -0.2) is 0 Å². The Balaban J connectivity index is 0. The third kappa shape index (κ3) is 17.5. The third-order valence-corrected chi connectivity index (χ3v) is 2.33. The number of nitrogens with two attached hydrogens (primary N) is 5. The number of carboxylic acid groups (broad SMARTS) is 2. The molecule has 0 aliphatic rings. The lowest BCUT2D eigenvalue weighted by Gasteiger charge is -2.03. The topological polar surface area (TPSA) is 239 Å². The highest BCUT2D eigenvalue weighted by molar-refractivity contribution is 5.76. The van der Waals surface area contributed by atoms with Crippen LogP contribution in [0.2, 0.25) is 0 Å². The molecule has 0 amide bonds. The lowest BCUT2D eigenvalue weighted by molar-refractivity contribution is -0.139. The summed E-state index contributed by atoms with van der Waals surface area (Å²) in [6, 6.07) is -1.72. The molecule has 0 aliphatic heterocycles. The fourth-order valence-electron chi connectivity index (χ4n) is 1.09. The number of rotatable bonds is 10. The predicted octanol–water partition coefficient (Wildman–Crippen LogP) is -2.45. The molecule has 0 heterocycles. The van der Waals surface area contributed by atoms with Gasteiger partial charge in [0.1, 0.15) is 24.5 Å². The zero-order valence-electron chi connectivity index (χ0n) is 13.6. The molecule has 0 bridgehead atoms. The van der Waals surface area contributed by atoms with E-state index in [0.717, 1.165) is 0 Å². The van der Waals surface area contributed by atoms with E-state index in [0.29, 0.717) is 25.2 Å². The highest BCUT2D eigenvalue weighted by Gasteiger charge is 2.10. The van der Waals surface area contributed by atoms with Crippen LogP contribution in [0.3, 0.4) is 0 Å². The summed E-state index contributed by atoms with van der Waals surface area (Å²) in [6.07, 6.45) is 1.17. The van der Waals surface area contributed by atoms with E-state index in [1.54, 1.807) is 6.92 Å². The summed E-state index contributed by atoms with van der Waals surface area (Å²) < 4.78 is 0. The van der Waals surface area contributed by atoms with Gasteiger partial charge in [-0.2, -0.15) is 0 Å². The average molecular weight is 349 g/mol. The van der Waals surface area contributed by atoms with Crippen molar-refractivity contribution in [3.05, 3.63) is 0 Å². The fourth-order valence-corrected chi connectivity index (χ4v) is 1.09. The molecule has 0 rings (SSSR count). The van der Waals surface area contributed by atoms with Gasteiger partial charge in [0, 0.05) is 13.0 Å². The lowest BCUT2D eigenvalue weighted by atomic mass is 10.2. The van der Waals surface area contributed by atoms with Crippen LogP contribution >= 0.6 is 0 Å². The Labute approximate surface area is 139 Å². The molecule has 12 nitrogen and oxygen atoms in total. The first-order chi connectivity index (χ1) is 11.1. The van der Waals surface area contributed by atoms with Gasteiger partial charge in [-0.1, -0.05) is 5.16 Å². The Morgan fingerprint density at radius 2 is 1.54 bits per heavy atom. The van der Waals surface area contributed by atoms with Crippen LogP contribution in [0.25, 0.3) is 0 Å². The van der Waals surface area contributed by atoms with Crippen molar-refractivity contribution in [1.29, 1.82) is 0 Å². The van der Waals surface area contributed by atoms with Gasteiger partial charge in [-0.05, 0) is 19.8 Å². The molecule has 0 unspecified atom stereocenters. The molecular weight excluding hydrogens is 322 g/mol. The summed E-state index contributed by atoms with van der Waals surface area (Å²) in [5.74, 6) is -1.75. The summed E-state index contributed by atoms with van der Waals surface area (Å²) >= 11 is 0. The van der Waals surface area contributed by atoms with E-state index in [4.69, 9.17) is 38.9 Å². The minimum atomic E-state index is -1.05. The number of carboxylic acids is 2. The van der Waals surface area contributed by atoms with Gasteiger partial charge in [-0.15, -0.1) is 0 Å². The maximum atomic E-state index is 10.2. The van der Waals surface area contributed by atoms with E-state index < -0.39 is 24.0 Å². The second-order valence-corrected chi connectivity index (χ2v) is 4.69. The first-order valence-electron chi connectivity index (χ1n) is 7.02. The van der Waals surface area contributed by atoms with E-state index in [1.165, 1.54) is 0 Å². The van der Waals surface area contributed by atoms with Crippen molar-refractivity contribution in [2.45, 2.75) is 38.3 Å². The van der Waals surface area contributed by atoms with Crippen molar-refractivity contribution >= 4 is 23.7 Å². The number of aliphatic carboxylic acids is 2. The molecule has 0 aromatic carbocycles.